The fourth-order valence-electron chi connectivity index (χ4n) is 2.14. The van der Waals surface area contributed by atoms with E-state index in [1.165, 1.54) is 7.11 Å². The van der Waals surface area contributed by atoms with Gasteiger partial charge in [0.2, 0.25) is 5.91 Å². The highest BCUT2D eigenvalue weighted by atomic mass is 16.5. The summed E-state index contributed by atoms with van der Waals surface area (Å²) in [4.78, 5) is 35.4. The van der Waals surface area contributed by atoms with Crippen molar-refractivity contribution < 1.29 is 29.0 Å². The topological polar surface area (TPSA) is 93.1 Å². The van der Waals surface area contributed by atoms with Crippen molar-refractivity contribution >= 4 is 17.8 Å². The highest BCUT2D eigenvalue weighted by Crippen LogP contribution is 2.14. The van der Waals surface area contributed by atoms with E-state index in [1.807, 2.05) is 0 Å². The van der Waals surface area contributed by atoms with Gasteiger partial charge in [-0.25, -0.2) is 0 Å². The Balaban J connectivity index is 2.43. The molecule has 20 heavy (non-hydrogen) atoms. The first-order valence-corrected chi connectivity index (χ1v) is 6.60. The molecule has 7 nitrogen and oxygen atoms in total. The smallest absolute Gasteiger partial charge is 0.308 e. The van der Waals surface area contributed by atoms with Gasteiger partial charge in [0.25, 0.3) is 0 Å². The van der Waals surface area contributed by atoms with Crippen LogP contribution in [0, 0.1) is 5.92 Å². The molecular weight excluding hydrogens is 266 g/mol. The molecule has 7 heteroatoms. The van der Waals surface area contributed by atoms with Crippen LogP contribution in [0.5, 0.6) is 0 Å². The second kappa shape index (κ2) is 7.84. The predicted molar refractivity (Wildman–Crippen MR) is 69.0 cm³/mol. The van der Waals surface area contributed by atoms with E-state index in [1.54, 1.807) is 11.8 Å². The van der Waals surface area contributed by atoms with E-state index in [0.717, 1.165) is 0 Å². The van der Waals surface area contributed by atoms with Crippen LogP contribution in [0.1, 0.15) is 26.2 Å². The number of rotatable bonds is 6. The number of hydrogen-bond acceptors (Lipinski definition) is 5. The van der Waals surface area contributed by atoms with Crippen molar-refractivity contribution in [1.29, 1.82) is 0 Å². The maximum atomic E-state index is 12.1. The molecule has 0 aromatic rings. The van der Waals surface area contributed by atoms with Crippen molar-refractivity contribution in [2.45, 2.75) is 32.3 Å². The van der Waals surface area contributed by atoms with Crippen molar-refractivity contribution in [2.24, 2.45) is 5.92 Å². The Morgan fingerprint density at radius 3 is 2.70 bits per heavy atom. The molecule has 1 fully saturated rings. The van der Waals surface area contributed by atoms with Gasteiger partial charge in [-0.3, -0.25) is 14.4 Å². The van der Waals surface area contributed by atoms with Crippen LogP contribution in [-0.2, 0) is 23.9 Å². The molecule has 114 valence electrons. The molecule has 1 heterocycles. The molecule has 1 saturated heterocycles. The Bertz CT molecular complexity index is 370. The van der Waals surface area contributed by atoms with Gasteiger partial charge in [-0.1, -0.05) is 6.92 Å². The number of nitrogens with zero attached hydrogens (tertiary/aromatic N) is 1. The van der Waals surface area contributed by atoms with Crippen molar-refractivity contribution in [3.05, 3.63) is 0 Å². The molecule has 0 spiro atoms. The van der Waals surface area contributed by atoms with E-state index >= 15 is 0 Å². The third-order valence-electron chi connectivity index (χ3n) is 3.16. The predicted octanol–water partition coefficient (Wildman–Crippen LogP) is 0.278. The summed E-state index contributed by atoms with van der Waals surface area (Å²) < 4.78 is 9.98. The first kappa shape index (κ1) is 16.4. The third kappa shape index (κ3) is 5.56. The average Bonchev–Trinajstić information content (AvgIpc) is 2.37. The van der Waals surface area contributed by atoms with Gasteiger partial charge >= 0.3 is 11.9 Å². The minimum absolute atomic E-state index is 0.0261. The number of amides is 1. The number of carboxylic acids is 1. The zero-order chi connectivity index (χ0) is 15.1. The molecular formula is C13H21NO6. The summed E-state index contributed by atoms with van der Waals surface area (Å²) in [5.41, 5.74) is 0. The Morgan fingerprint density at radius 1 is 1.40 bits per heavy atom. The van der Waals surface area contributed by atoms with Gasteiger partial charge in [0.05, 0.1) is 26.2 Å². The molecule has 1 amide bonds. The van der Waals surface area contributed by atoms with Gasteiger partial charge < -0.3 is 19.5 Å². The van der Waals surface area contributed by atoms with Crippen molar-refractivity contribution in [1.82, 2.24) is 4.90 Å². The van der Waals surface area contributed by atoms with Crippen LogP contribution in [-0.4, -0.2) is 60.8 Å². The highest BCUT2D eigenvalue weighted by molar-refractivity contribution is 5.77. The molecule has 0 bridgehead atoms. The first-order valence-electron chi connectivity index (χ1n) is 6.60. The SMILES string of the molecule is COC(=O)CC1CN(C(=O)CC(C)CC(=O)O)CCO1. The molecule has 1 N–H and O–H groups in total. The summed E-state index contributed by atoms with van der Waals surface area (Å²) in [6, 6.07) is 0. The number of ether oxygens (including phenoxy) is 2. The fourth-order valence-corrected chi connectivity index (χ4v) is 2.14. The van der Waals surface area contributed by atoms with E-state index in [2.05, 4.69) is 4.74 Å². The quantitative estimate of drug-likeness (QED) is 0.705. The third-order valence-corrected chi connectivity index (χ3v) is 3.16. The van der Waals surface area contributed by atoms with E-state index in [9.17, 15) is 14.4 Å². The summed E-state index contributed by atoms with van der Waals surface area (Å²) in [5.74, 6) is -1.58. The lowest BCUT2D eigenvalue weighted by molar-refractivity contribution is -0.150. The molecule has 1 aliphatic rings. The standard InChI is InChI=1S/C13H21NO6/c1-9(6-12(16)17)5-11(15)14-3-4-20-10(8-14)7-13(18)19-2/h9-10H,3-8H2,1-2H3,(H,16,17). The van der Waals surface area contributed by atoms with Gasteiger partial charge in [0.1, 0.15) is 0 Å². The molecule has 0 aromatic heterocycles. The summed E-state index contributed by atoms with van der Waals surface area (Å²) in [7, 11) is 1.31. The van der Waals surface area contributed by atoms with Gasteiger partial charge in [-0.15, -0.1) is 0 Å². The molecule has 0 saturated carbocycles. The average molecular weight is 287 g/mol. The molecule has 0 radical (unpaired) electrons. The largest absolute Gasteiger partial charge is 0.481 e. The summed E-state index contributed by atoms with van der Waals surface area (Å²) in [5, 5.41) is 8.68. The Hall–Kier alpha value is -1.63. The minimum atomic E-state index is -0.907. The second-order valence-corrected chi connectivity index (χ2v) is 5.02. The van der Waals surface area contributed by atoms with Crippen molar-refractivity contribution in [3.8, 4) is 0 Å². The summed E-state index contributed by atoms with van der Waals surface area (Å²) in [6.45, 7) is 2.92. The lowest BCUT2D eigenvalue weighted by atomic mass is 10.0. The van der Waals surface area contributed by atoms with Crippen LogP contribution in [0.15, 0.2) is 0 Å². The van der Waals surface area contributed by atoms with Crippen LogP contribution in [0.25, 0.3) is 0 Å². The van der Waals surface area contributed by atoms with Crippen molar-refractivity contribution in [2.75, 3.05) is 26.8 Å². The van der Waals surface area contributed by atoms with E-state index < -0.39 is 5.97 Å². The molecule has 2 unspecified atom stereocenters. The minimum Gasteiger partial charge on any atom is -0.481 e. The number of hydrogen-bond donors (Lipinski definition) is 1. The van der Waals surface area contributed by atoms with Crippen LogP contribution in [0.2, 0.25) is 0 Å². The molecule has 0 aromatic carbocycles. The summed E-state index contributed by atoms with van der Waals surface area (Å²) in [6.07, 6.45) is -0.0703. The molecule has 1 aliphatic heterocycles. The number of morpholine rings is 1. The number of carbonyl (C=O) groups excluding carboxylic acids is 2. The second-order valence-electron chi connectivity index (χ2n) is 5.02. The lowest BCUT2D eigenvalue weighted by Crippen LogP contribution is -2.46. The van der Waals surface area contributed by atoms with E-state index in [0.29, 0.717) is 19.7 Å². The number of carboxylic acid groups (broad SMARTS) is 1. The van der Waals surface area contributed by atoms with Gasteiger partial charge in [-0.2, -0.15) is 0 Å². The molecule has 1 rings (SSSR count). The lowest BCUT2D eigenvalue weighted by Gasteiger charge is -2.33. The summed E-state index contributed by atoms with van der Waals surface area (Å²) >= 11 is 0. The Morgan fingerprint density at radius 2 is 2.10 bits per heavy atom. The molecule has 0 aliphatic carbocycles. The maximum absolute atomic E-state index is 12.1. The van der Waals surface area contributed by atoms with Crippen LogP contribution >= 0.6 is 0 Å². The fraction of sp³-hybridized carbons (Fsp3) is 0.769. The molecule has 2 atom stereocenters. The number of aliphatic carboxylic acids is 1. The number of carbonyl (C=O) groups is 3. The van der Waals surface area contributed by atoms with Crippen LogP contribution < -0.4 is 0 Å². The Kier molecular flexibility index (Phi) is 6.44. The normalized spacial score (nSPS) is 20.3. The van der Waals surface area contributed by atoms with E-state index in [-0.39, 0.29) is 43.2 Å². The van der Waals surface area contributed by atoms with Gasteiger partial charge in [0.15, 0.2) is 0 Å². The first-order chi connectivity index (χ1) is 9.42. The van der Waals surface area contributed by atoms with E-state index in [4.69, 9.17) is 9.84 Å². The maximum Gasteiger partial charge on any atom is 0.308 e. The van der Waals surface area contributed by atoms with Gasteiger partial charge in [-0.05, 0) is 5.92 Å². The zero-order valence-corrected chi connectivity index (χ0v) is 11.8. The van der Waals surface area contributed by atoms with Crippen LogP contribution in [0.3, 0.4) is 0 Å². The van der Waals surface area contributed by atoms with Crippen LogP contribution in [0.4, 0.5) is 0 Å². The number of methoxy groups -OCH3 is 1. The zero-order valence-electron chi connectivity index (χ0n) is 11.8. The van der Waals surface area contributed by atoms with Crippen molar-refractivity contribution in [3.63, 3.8) is 0 Å². The highest BCUT2D eigenvalue weighted by Gasteiger charge is 2.27. The Labute approximate surface area is 117 Å². The van der Waals surface area contributed by atoms with Gasteiger partial charge in [0, 0.05) is 25.9 Å². The number of esters is 1. The monoisotopic (exact) mass is 287 g/mol.